The van der Waals surface area contributed by atoms with E-state index in [-0.39, 0.29) is 44.5 Å². The molecule has 0 radical (unpaired) electrons. The van der Waals surface area contributed by atoms with Gasteiger partial charge in [-0.25, -0.2) is 0 Å². The molecule has 0 bridgehead atoms. The molecule has 34 heavy (non-hydrogen) atoms. The van der Waals surface area contributed by atoms with Crippen LogP contribution in [-0.2, 0) is 20.7 Å². The quantitative estimate of drug-likeness (QED) is 0.464. The molecule has 2 saturated carbocycles. The molecule has 4 aliphatic rings. The Bertz CT molecular complexity index is 1110. The molecule has 3 N–H and O–H groups in total. The minimum absolute atomic E-state index is 0. The van der Waals surface area contributed by atoms with Gasteiger partial charge in [-0.05, 0) is 36.0 Å². The van der Waals surface area contributed by atoms with E-state index >= 15 is 0 Å². The molecular weight excluding hydrogens is 432 g/mol. The van der Waals surface area contributed by atoms with E-state index < -0.39 is 34.1 Å². The number of carbonyl (C=O) groups is 2. The number of aliphatic hydroxyl groups is 3. The van der Waals surface area contributed by atoms with Crippen LogP contribution in [0.4, 0.5) is 0 Å². The van der Waals surface area contributed by atoms with Crippen LogP contribution in [0.1, 0.15) is 47.5 Å². The first-order valence-electron chi connectivity index (χ1n) is 12.2. The fourth-order valence-electron chi connectivity index (χ4n) is 7.60. The van der Waals surface area contributed by atoms with Gasteiger partial charge >= 0.3 is 5.97 Å². The lowest BCUT2D eigenvalue weighted by Gasteiger charge is -2.50. The molecule has 5 rings (SSSR count). The Balaban J connectivity index is 0.00000289. The van der Waals surface area contributed by atoms with E-state index in [1.54, 1.807) is 13.0 Å². The average Bonchev–Trinajstić information content (AvgIpc) is 3.18. The van der Waals surface area contributed by atoms with Crippen molar-refractivity contribution >= 4 is 11.8 Å². The van der Waals surface area contributed by atoms with Gasteiger partial charge in [0, 0.05) is 31.0 Å². The minimum Gasteiger partial charge on any atom is -0.458 e. The highest BCUT2D eigenvalue weighted by Crippen LogP contribution is 2.76. The fourth-order valence-corrected chi connectivity index (χ4v) is 7.60. The summed E-state index contributed by atoms with van der Waals surface area (Å²) < 4.78 is 6.24. The number of Topliss-reactive ketones (excluding diaryl/α,β-unsaturated/α-hetero) is 1. The molecule has 0 heterocycles. The van der Waals surface area contributed by atoms with Gasteiger partial charge in [0.2, 0.25) is 0 Å². The molecule has 0 saturated heterocycles. The predicted molar refractivity (Wildman–Crippen MR) is 128 cm³/mol. The number of ether oxygens (including phenoxy) is 1. The maximum absolute atomic E-state index is 13.0. The van der Waals surface area contributed by atoms with E-state index in [4.69, 9.17) is 4.74 Å². The number of fused-ring (bicyclic) bond motifs is 5. The van der Waals surface area contributed by atoms with E-state index in [1.165, 1.54) is 0 Å². The highest BCUT2D eigenvalue weighted by Gasteiger charge is 2.83. The van der Waals surface area contributed by atoms with E-state index in [1.807, 2.05) is 43.3 Å². The lowest BCUT2D eigenvalue weighted by molar-refractivity contribution is -0.186. The van der Waals surface area contributed by atoms with Crippen molar-refractivity contribution in [3.05, 3.63) is 59.2 Å². The Morgan fingerprint density at radius 3 is 2.50 bits per heavy atom. The van der Waals surface area contributed by atoms with Crippen LogP contribution in [0.2, 0.25) is 0 Å². The van der Waals surface area contributed by atoms with Crippen molar-refractivity contribution < 1.29 is 31.1 Å². The second-order valence-electron chi connectivity index (χ2n) is 11.5. The van der Waals surface area contributed by atoms with Crippen LogP contribution in [0.15, 0.2) is 53.6 Å². The molecule has 1 aromatic rings. The number of aliphatic hydroxyl groups excluding tert-OH is 1. The van der Waals surface area contributed by atoms with Gasteiger partial charge in [0.1, 0.15) is 11.2 Å². The van der Waals surface area contributed by atoms with Crippen molar-refractivity contribution in [2.24, 2.45) is 29.1 Å². The molecule has 7 atom stereocenters. The second-order valence-corrected chi connectivity index (χ2v) is 11.5. The fraction of sp³-hybridized carbons (Fsp3) is 0.571. The summed E-state index contributed by atoms with van der Waals surface area (Å²) in [6.07, 6.45) is 4.16. The van der Waals surface area contributed by atoms with Crippen LogP contribution in [0.5, 0.6) is 0 Å². The minimum atomic E-state index is -1.78. The van der Waals surface area contributed by atoms with E-state index in [0.29, 0.717) is 17.6 Å². The van der Waals surface area contributed by atoms with E-state index in [2.05, 4.69) is 13.8 Å². The SMILES string of the molecule is CC1=CC2[C@@]3(O)[C@H](C)C[C@]4(OC(=O)Cc5ccccc5)[C@H]([C@@H]3C=C(CO)C[C@]2(O)C1=O)C4(C)C.[HH]. The molecule has 6 nitrogen and oxygen atoms in total. The van der Waals surface area contributed by atoms with Crippen LogP contribution in [0.25, 0.3) is 0 Å². The predicted octanol–water partition coefficient (Wildman–Crippen LogP) is 3.00. The maximum Gasteiger partial charge on any atom is 0.310 e. The molecule has 1 unspecified atom stereocenters. The van der Waals surface area contributed by atoms with Crippen LogP contribution in [-0.4, -0.2) is 50.5 Å². The summed E-state index contributed by atoms with van der Waals surface area (Å²) in [6.45, 7) is 7.37. The summed E-state index contributed by atoms with van der Waals surface area (Å²) in [5.41, 5.74) is -2.50. The van der Waals surface area contributed by atoms with Crippen LogP contribution in [0.3, 0.4) is 0 Å². The van der Waals surface area contributed by atoms with Gasteiger partial charge in [-0.2, -0.15) is 0 Å². The van der Waals surface area contributed by atoms with Crippen LogP contribution in [0, 0.1) is 29.1 Å². The highest BCUT2D eigenvalue weighted by atomic mass is 16.6. The van der Waals surface area contributed by atoms with Crippen molar-refractivity contribution in [1.82, 2.24) is 0 Å². The standard InChI is InChI=1S/C28H34O6.H2/c1-16-10-21-26(32,24(16)31)14-19(15-29)11-20-23-25(3,4)27(23,13-17(2)28(20,21)33)34-22(30)12-18-8-6-5-7-9-18;/h5-11,17,20-21,23,29,32-33H,12-15H2,1-4H3;1H/t17-,20+,21?,23-,26-,27+,28-;/m1./s1. The second kappa shape index (κ2) is 7.36. The van der Waals surface area contributed by atoms with Gasteiger partial charge in [0.25, 0.3) is 0 Å². The Morgan fingerprint density at radius 2 is 1.85 bits per heavy atom. The van der Waals surface area contributed by atoms with Crippen LogP contribution >= 0.6 is 0 Å². The van der Waals surface area contributed by atoms with Crippen molar-refractivity contribution in [1.29, 1.82) is 0 Å². The number of esters is 1. The zero-order chi connectivity index (χ0) is 24.7. The molecule has 2 fully saturated rings. The Labute approximate surface area is 201 Å². The molecule has 4 aliphatic carbocycles. The third-order valence-electron chi connectivity index (χ3n) is 9.36. The third-order valence-corrected chi connectivity index (χ3v) is 9.36. The number of ketones is 1. The molecule has 0 aliphatic heterocycles. The average molecular weight is 469 g/mol. The van der Waals surface area contributed by atoms with Gasteiger partial charge in [-0.15, -0.1) is 0 Å². The first-order valence-corrected chi connectivity index (χ1v) is 12.2. The zero-order valence-corrected chi connectivity index (χ0v) is 20.2. The number of benzene rings is 1. The van der Waals surface area contributed by atoms with Gasteiger partial charge in [-0.1, -0.05) is 63.3 Å². The van der Waals surface area contributed by atoms with E-state index in [0.717, 1.165) is 5.56 Å². The van der Waals surface area contributed by atoms with Crippen molar-refractivity contribution in [3.63, 3.8) is 0 Å². The topological polar surface area (TPSA) is 104 Å². The molecule has 1 aromatic carbocycles. The van der Waals surface area contributed by atoms with Gasteiger partial charge < -0.3 is 20.1 Å². The van der Waals surface area contributed by atoms with Crippen LogP contribution < -0.4 is 0 Å². The summed E-state index contributed by atoms with van der Waals surface area (Å²) in [4.78, 5) is 26.0. The Kier molecular flexibility index (Phi) is 5.08. The normalized spacial score (nSPS) is 41.9. The van der Waals surface area contributed by atoms with Crippen molar-refractivity contribution in [2.75, 3.05) is 6.61 Å². The summed E-state index contributed by atoms with van der Waals surface area (Å²) in [5, 5.41) is 33.9. The summed E-state index contributed by atoms with van der Waals surface area (Å²) in [5.74, 6) is -2.52. The Morgan fingerprint density at radius 1 is 1.18 bits per heavy atom. The monoisotopic (exact) mass is 468 g/mol. The molecule has 0 aromatic heterocycles. The summed E-state index contributed by atoms with van der Waals surface area (Å²) >= 11 is 0. The number of rotatable bonds is 4. The number of hydrogen-bond acceptors (Lipinski definition) is 6. The first kappa shape index (κ1) is 23.5. The zero-order valence-electron chi connectivity index (χ0n) is 20.2. The summed E-state index contributed by atoms with van der Waals surface area (Å²) in [7, 11) is 0. The molecule has 0 amide bonds. The molecule has 184 valence electrons. The highest BCUT2D eigenvalue weighted by molar-refractivity contribution is 6.04. The largest absolute Gasteiger partial charge is 0.458 e. The molecule has 0 spiro atoms. The smallest absolute Gasteiger partial charge is 0.310 e. The van der Waals surface area contributed by atoms with Crippen molar-refractivity contribution in [3.8, 4) is 0 Å². The third kappa shape index (κ3) is 2.91. The maximum atomic E-state index is 13.0. The van der Waals surface area contributed by atoms with Crippen molar-refractivity contribution in [2.45, 2.75) is 63.8 Å². The van der Waals surface area contributed by atoms with Gasteiger partial charge in [-0.3, -0.25) is 9.59 Å². The molecule has 6 heteroatoms. The van der Waals surface area contributed by atoms with E-state index in [9.17, 15) is 24.9 Å². The first-order chi connectivity index (χ1) is 15.9. The Hall–Kier alpha value is -2.28. The molecular formula is C28H36O6. The number of carbonyl (C=O) groups excluding carboxylic acids is 2. The van der Waals surface area contributed by atoms with Gasteiger partial charge in [0.15, 0.2) is 5.78 Å². The number of hydrogen-bond donors (Lipinski definition) is 3. The van der Waals surface area contributed by atoms with Gasteiger partial charge in [0.05, 0.1) is 18.6 Å². The summed E-state index contributed by atoms with van der Waals surface area (Å²) in [6, 6.07) is 9.47. The lowest BCUT2D eigenvalue weighted by Crippen LogP contribution is -2.61. The lowest BCUT2D eigenvalue weighted by atomic mass is 9.60.